The molecule has 0 aliphatic carbocycles. The summed E-state index contributed by atoms with van der Waals surface area (Å²) in [5, 5.41) is 10.6. The van der Waals surface area contributed by atoms with Gasteiger partial charge in [-0.25, -0.2) is 9.13 Å². The molecule has 0 amide bonds. The van der Waals surface area contributed by atoms with Crippen LogP contribution in [-0.2, 0) is 65.4 Å². The van der Waals surface area contributed by atoms with Crippen LogP contribution in [0.4, 0.5) is 0 Å². The van der Waals surface area contributed by atoms with Gasteiger partial charge in [-0.3, -0.25) is 37.3 Å². The van der Waals surface area contributed by atoms with E-state index in [1.54, 1.807) is 0 Å². The Morgan fingerprint density at radius 2 is 0.500 bits per heavy atom. The molecule has 5 atom stereocenters. The van der Waals surface area contributed by atoms with Crippen LogP contribution in [0, 0.1) is 0 Å². The van der Waals surface area contributed by atoms with Crippen LogP contribution in [-0.4, -0.2) is 96.7 Å². The SMILES string of the molecule is CC/C=C\C/C=C\C/C=C\C/C=C\C/C=C\CCCCCC(=O)OCC(COP(=O)(O)OCC(O)COP(=O)(O)OCC(COC(=O)CCCCCCCC/C=C\C/C=C\C/C=C\C/C=C\CC)OC(=O)CCCCCCC/C=C\C/C=C\C/C=C\CC)OC(=O)CCCCCCCCCCCCC. The Kier molecular flexibility index (Phi) is 72.4. The number of ether oxygens (including phenoxy) is 4. The highest BCUT2D eigenvalue weighted by Gasteiger charge is 2.30. The molecule has 0 bridgehead atoms. The molecule has 0 fully saturated rings. The van der Waals surface area contributed by atoms with Crippen LogP contribution in [0.15, 0.2) is 146 Å². The molecular formula is C85H142O17P2. The molecule has 0 aromatic heterocycles. The van der Waals surface area contributed by atoms with Crippen molar-refractivity contribution in [2.75, 3.05) is 39.6 Å². The third kappa shape index (κ3) is 75.2. The van der Waals surface area contributed by atoms with Crippen LogP contribution in [0.2, 0.25) is 0 Å². The second-order valence-corrected chi connectivity index (χ2v) is 29.1. The number of rotatable bonds is 74. The Labute approximate surface area is 630 Å². The van der Waals surface area contributed by atoms with Crippen LogP contribution in [0.1, 0.15) is 310 Å². The van der Waals surface area contributed by atoms with Crippen molar-refractivity contribution in [1.29, 1.82) is 0 Å². The quantitative estimate of drug-likeness (QED) is 0.0169. The number of carbonyl (C=O) groups excluding carboxylic acids is 4. The second kappa shape index (κ2) is 76.1. The molecule has 0 radical (unpaired) electrons. The lowest BCUT2D eigenvalue weighted by Crippen LogP contribution is -2.30. The monoisotopic (exact) mass is 1500 g/mol. The molecule has 17 nitrogen and oxygen atoms in total. The molecule has 19 heteroatoms. The third-order valence-electron chi connectivity index (χ3n) is 16.3. The van der Waals surface area contributed by atoms with E-state index in [2.05, 4.69) is 174 Å². The number of allylic oxidation sites excluding steroid dienone is 24. The molecule has 0 aromatic carbocycles. The van der Waals surface area contributed by atoms with Gasteiger partial charge in [0.15, 0.2) is 12.2 Å². The van der Waals surface area contributed by atoms with Crippen LogP contribution < -0.4 is 0 Å². The van der Waals surface area contributed by atoms with Crippen LogP contribution in [0.3, 0.4) is 0 Å². The highest BCUT2D eigenvalue weighted by atomic mass is 31.2. The van der Waals surface area contributed by atoms with E-state index in [1.165, 1.54) is 38.5 Å². The highest BCUT2D eigenvalue weighted by Crippen LogP contribution is 2.45. The fraction of sp³-hybridized carbons (Fsp3) is 0.671. The van der Waals surface area contributed by atoms with E-state index in [-0.39, 0.29) is 25.7 Å². The van der Waals surface area contributed by atoms with E-state index in [4.69, 9.17) is 37.0 Å². The van der Waals surface area contributed by atoms with Crippen molar-refractivity contribution in [1.82, 2.24) is 0 Å². The van der Waals surface area contributed by atoms with E-state index in [0.29, 0.717) is 25.7 Å². The zero-order chi connectivity index (χ0) is 76.0. The van der Waals surface area contributed by atoms with Gasteiger partial charge in [0.05, 0.1) is 26.4 Å². The number of esters is 4. The first kappa shape index (κ1) is 98.9. The molecule has 0 aliphatic rings. The van der Waals surface area contributed by atoms with Crippen molar-refractivity contribution in [2.24, 2.45) is 0 Å². The summed E-state index contributed by atoms with van der Waals surface area (Å²) in [4.78, 5) is 73.0. The Morgan fingerprint density at radius 1 is 0.279 bits per heavy atom. The molecule has 594 valence electrons. The molecule has 0 rings (SSSR count). The van der Waals surface area contributed by atoms with Gasteiger partial charge >= 0.3 is 39.5 Å². The summed E-state index contributed by atoms with van der Waals surface area (Å²) in [6, 6.07) is 0. The molecule has 3 N–H and O–H groups in total. The number of phosphoric ester groups is 2. The Hall–Kier alpha value is -5.06. The molecule has 5 unspecified atom stereocenters. The Bertz CT molecular complexity index is 2540. The number of unbranched alkanes of at least 4 members (excludes halogenated alkanes) is 24. The van der Waals surface area contributed by atoms with E-state index >= 15 is 0 Å². The molecule has 0 heterocycles. The fourth-order valence-corrected chi connectivity index (χ4v) is 11.9. The maximum atomic E-state index is 13.1. The minimum absolute atomic E-state index is 0.0680. The summed E-state index contributed by atoms with van der Waals surface area (Å²) in [5.41, 5.74) is 0. The van der Waals surface area contributed by atoms with Gasteiger partial charge in [0.25, 0.3) is 0 Å². The number of carbonyl (C=O) groups is 4. The standard InChI is InChI=1S/C85H142O17P2/c1-5-9-13-17-21-25-29-32-35-37-39-41-44-46-50-53-57-61-65-69-82(87)95-75-80(101-84(89)71-67-63-59-55-49-28-24-20-16-12-8-4)77-99-103(91,92)97-73-79(86)74-98-104(93,94)100-78-81(102-85(90)72-68-64-60-56-52-48-43-34-31-27-23-19-15-11-7-3)76-96-83(88)70-66-62-58-54-51-47-45-42-40-38-36-33-30-26-22-18-14-10-6-2/h9-11,13-15,21-23,25-27,32-36,39-43,46,50,79-81,86H,5-8,12,16-20,24,28-31,37-38,44-45,47-49,51-78H2,1-4H3,(H,91,92)(H,93,94)/b13-9-,14-10-,15-11-,25-21-,26-22-,27-23-,35-32-,36-33-,41-39-,42-40-,43-34-,50-46-. The summed E-state index contributed by atoms with van der Waals surface area (Å²) in [6.07, 6.45) is 86.8. The van der Waals surface area contributed by atoms with Crippen LogP contribution >= 0.6 is 15.6 Å². The number of aliphatic hydroxyl groups is 1. The van der Waals surface area contributed by atoms with E-state index in [9.17, 15) is 43.2 Å². The van der Waals surface area contributed by atoms with E-state index < -0.39 is 97.5 Å². The van der Waals surface area contributed by atoms with Crippen molar-refractivity contribution in [3.8, 4) is 0 Å². The fourth-order valence-electron chi connectivity index (χ4n) is 10.3. The van der Waals surface area contributed by atoms with Crippen molar-refractivity contribution >= 4 is 39.5 Å². The topological polar surface area (TPSA) is 237 Å². The zero-order valence-corrected chi connectivity index (χ0v) is 66.7. The summed E-state index contributed by atoms with van der Waals surface area (Å²) in [5.74, 6) is -2.24. The lowest BCUT2D eigenvalue weighted by atomic mass is 10.1. The lowest BCUT2D eigenvalue weighted by Gasteiger charge is -2.21. The summed E-state index contributed by atoms with van der Waals surface area (Å²) in [7, 11) is -9.98. The average molecular weight is 1500 g/mol. The second-order valence-electron chi connectivity index (χ2n) is 26.2. The lowest BCUT2D eigenvalue weighted by molar-refractivity contribution is -0.161. The molecular weight excluding hydrogens is 1350 g/mol. The minimum atomic E-state index is -4.99. The zero-order valence-electron chi connectivity index (χ0n) is 64.9. The predicted molar refractivity (Wildman–Crippen MR) is 427 cm³/mol. The Balaban J connectivity index is 5.37. The van der Waals surface area contributed by atoms with Gasteiger partial charge in [-0.15, -0.1) is 0 Å². The molecule has 0 aliphatic heterocycles. The van der Waals surface area contributed by atoms with Crippen molar-refractivity contribution < 1.29 is 80.2 Å². The van der Waals surface area contributed by atoms with Crippen molar-refractivity contribution in [3.63, 3.8) is 0 Å². The molecule has 0 saturated heterocycles. The van der Waals surface area contributed by atoms with Gasteiger partial charge in [-0.1, -0.05) is 289 Å². The van der Waals surface area contributed by atoms with E-state index in [1.807, 2.05) is 0 Å². The maximum Gasteiger partial charge on any atom is 0.472 e. The van der Waals surface area contributed by atoms with Gasteiger partial charge < -0.3 is 33.8 Å². The largest absolute Gasteiger partial charge is 0.472 e. The predicted octanol–water partition coefficient (Wildman–Crippen LogP) is 23.4. The van der Waals surface area contributed by atoms with Crippen LogP contribution in [0.25, 0.3) is 0 Å². The minimum Gasteiger partial charge on any atom is -0.462 e. The van der Waals surface area contributed by atoms with Gasteiger partial charge in [-0.2, -0.15) is 0 Å². The third-order valence-corrected chi connectivity index (χ3v) is 18.2. The van der Waals surface area contributed by atoms with Crippen molar-refractivity contribution in [2.45, 2.75) is 329 Å². The van der Waals surface area contributed by atoms with Gasteiger partial charge in [-0.05, 0) is 141 Å². The number of hydrogen-bond donors (Lipinski definition) is 3. The van der Waals surface area contributed by atoms with E-state index in [0.717, 1.165) is 193 Å². The van der Waals surface area contributed by atoms with Gasteiger partial charge in [0.1, 0.15) is 19.3 Å². The number of aliphatic hydroxyl groups excluding tert-OH is 1. The molecule has 104 heavy (non-hydrogen) atoms. The van der Waals surface area contributed by atoms with Gasteiger partial charge in [0, 0.05) is 25.7 Å². The first-order valence-electron chi connectivity index (χ1n) is 40.1. The summed E-state index contributed by atoms with van der Waals surface area (Å²) < 4.78 is 68.6. The smallest absolute Gasteiger partial charge is 0.462 e. The molecule has 0 saturated carbocycles. The number of hydrogen-bond acceptors (Lipinski definition) is 15. The highest BCUT2D eigenvalue weighted by molar-refractivity contribution is 7.47. The normalized spacial score (nSPS) is 14.6. The maximum absolute atomic E-state index is 13.1. The summed E-state index contributed by atoms with van der Waals surface area (Å²) >= 11 is 0. The first-order chi connectivity index (χ1) is 50.7. The number of phosphoric acid groups is 2. The molecule has 0 aromatic rings. The Morgan fingerprint density at radius 3 is 0.779 bits per heavy atom. The van der Waals surface area contributed by atoms with Crippen LogP contribution in [0.5, 0.6) is 0 Å². The average Bonchev–Trinajstić information content (AvgIpc) is 0.931. The van der Waals surface area contributed by atoms with Crippen molar-refractivity contribution in [3.05, 3.63) is 146 Å². The summed E-state index contributed by atoms with van der Waals surface area (Å²) in [6.45, 7) is 4.46. The molecule has 0 spiro atoms. The van der Waals surface area contributed by atoms with Gasteiger partial charge in [0.2, 0.25) is 0 Å². The first-order valence-corrected chi connectivity index (χ1v) is 43.1.